The molecule has 0 amide bonds. The van der Waals surface area contributed by atoms with Crippen molar-refractivity contribution in [1.29, 1.82) is 0 Å². The van der Waals surface area contributed by atoms with E-state index in [1.807, 2.05) is 0 Å². The van der Waals surface area contributed by atoms with Crippen molar-refractivity contribution in [3.8, 4) is 0 Å². The van der Waals surface area contributed by atoms with Crippen molar-refractivity contribution in [3.63, 3.8) is 0 Å². The minimum absolute atomic E-state index is 0.237. The summed E-state index contributed by atoms with van der Waals surface area (Å²) in [5, 5.41) is 1.32. The van der Waals surface area contributed by atoms with Gasteiger partial charge in [0.2, 0.25) is 0 Å². The van der Waals surface area contributed by atoms with Crippen LogP contribution in [-0.2, 0) is 4.74 Å². The summed E-state index contributed by atoms with van der Waals surface area (Å²) in [5.41, 5.74) is 4.39. The third kappa shape index (κ3) is 2.87. The van der Waals surface area contributed by atoms with Gasteiger partial charge in [-0.05, 0) is 29.5 Å². The molecule has 4 bridgehead atoms. The maximum atomic E-state index is 5.75. The van der Waals surface area contributed by atoms with Crippen LogP contribution in [0.3, 0.4) is 0 Å². The molecule has 3 heterocycles. The maximum Gasteiger partial charge on any atom is 0.0880 e. The maximum absolute atomic E-state index is 5.75. The van der Waals surface area contributed by atoms with Crippen molar-refractivity contribution < 1.29 is 4.74 Å². The number of nitrogens with zero attached hydrogens (tertiary/aromatic N) is 1. The van der Waals surface area contributed by atoms with E-state index in [1.165, 1.54) is 35.3 Å². The van der Waals surface area contributed by atoms with Gasteiger partial charge in [0.05, 0.1) is 18.1 Å². The first-order valence-corrected chi connectivity index (χ1v) is 12.7. The van der Waals surface area contributed by atoms with Crippen molar-refractivity contribution in [3.05, 3.63) is 71.8 Å². The molecule has 0 spiro atoms. The Morgan fingerprint density at radius 1 is 0.862 bits per heavy atom. The molecule has 2 aromatic carbocycles. The van der Waals surface area contributed by atoms with E-state index in [9.17, 15) is 0 Å². The summed E-state index contributed by atoms with van der Waals surface area (Å²) >= 11 is 4.49. The van der Waals surface area contributed by atoms with E-state index in [1.54, 1.807) is 5.57 Å². The fourth-order valence-electron chi connectivity index (χ4n) is 5.87. The summed E-state index contributed by atoms with van der Waals surface area (Å²) in [6.45, 7) is 3.92. The summed E-state index contributed by atoms with van der Waals surface area (Å²) in [6.07, 6.45) is 4.09. The van der Waals surface area contributed by atoms with E-state index in [2.05, 4.69) is 89.1 Å². The average molecular weight is 422 g/mol. The number of thioether (sulfide) groups is 2. The van der Waals surface area contributed by atoms with Gasteiger partial charge >= 0.3 is 0 Å². The first-order chi connectivity index (χ1) is 14.4. The number of benzene rings is 2. The molecule has 4 heteroatoms. The lowest BCUT2D eigenvalue weighted by molar-refractivity contribution is -0.0131. The monoisotopic (exact) mass is 421 g/mol. The van der Waals surface area contributed by atoms with Crippen molar-refractivity contribution >= 4 is 34.0 Å². The van der Waals surface area contributed by atoms with Crippen LogP contribution in [0.4, 0.5) is 0 Å². The molecule has 29 heavy (non-hydrogen) atoms. The SMILES string of the molecule is c1ccc(C2=C(c3ccccc3)C3SC4CCCC3C4(N3CCOCC3)S2)cc1. The van der Waals surface area contributed by atoms with Crippen molar-refractivity contribution in [2.24, 2.45) is 5.92 Å². The zero-order valence-electron chi connectivity index (χ0n) is 16.6. The molecule has 4 atom stereocenters. The topological polar surface area (TPSA) is 12.5 Å². The summed E-state index contributed by atoms with van der Waals surface area (Å²) in [7, 11) is 0. The molecule has 1 aliphatic carbocycles. The van der Waals surface area contributed by atoms with Crippen LogP contribution in [0.1, 0.15) is 30.4 Å². The first kappa shape index (κ1) is 18.6. The van der Waals surface area contributed by atoms with E-state index < -0.39 is 0 Å². The molecule has 2 aromatic rings. The van der Waals surface area contributed by atoms with Crippen molar-refractivity contribution in [2.75, 3.05) is 26.3 Å². The molecule has 2 saturated heterocycles. The van der Waals surface area contributed by atoms with Crippen LogP contribution >= 0.6 is 23.5 Å². The first-order valence-electron chi connectivity index (χ1n) is 10.9. The summed E-state index contributed by atoms with van der Waals surface area (Å²) in [6, 6.07) is 22.3. The van der Waals surface area contributed by atoms with Gasteiger partial charge in [0, 0.05) is 34.4 Å². The smallest absolute Gasteiger partial charge is 0.0880 e. The van der Waals surface area contributed by atoms with E-state index in [-0.39, 0.29) is 4.87 Å². The van der Waals surface area contributed by atoms with Gasteiger partial charge < -0.3 is 4.74 Å². The van der Waals surface area contributed by atoms with E-state index >= 15 is 0 Å². The van der Waals surface area contributed by atoms with Crippen LogP contribution in [0.15, 0.2) is 60.7 Å². The van der Waals surface area contributed by atoms with Gasteiger partial charge in [0.15, 0.2) is 0 Å². The third-order valence-corrected chi connectivity index (χ3v) is 10.8. The Morgan fingerprint density at radius 3 is 2.28 bits per heavy atom. The lowest BCUT2D eigenvalue weighted by atomic mass is 9.77. The molecule has 150 valence electrons. The van der Waals surface area contributed by atoms with Gasteiger partial charge in [-0.25, -0.2) is 0 Å². The largest absolute Gasteiger partial charge is 0.379 e. The fourth-order valence-corrected chi connectivity index (χ4v) is 10.3. The van der Waals surface area contributed by atoms with Crippen LogP contribution in [0, 0.1) is 5.92 Å². The fraction of sp³-hybridized carbons (Fsp3) is 0.440. The van der Waals surface area contributed by atoms with E-state index in [0.717, 1.165) is 32.2 Å². The quantitative estimate of drug-likeness (QED) is 0.638. The highest BCUT2D eigenvalue weighted by atomic mass is 32.2. The second-order valence-corrected chi connectivity index (χ2v) is 11.1. The predicted molar refractivity (Wildman–Crippen MR) is 125 cm³/mol. The highest BCUT2D eigenvalue weighted by Crippen LogP contribution is 2.70. The molecule has 3 aliphatic heterocycles. The van der Waals surface area contributed by atoms with Gasteiger partial charge in [-0.3, -0.25) is 4.90 Å². The minimum Gasteiger partial charge on any atom is -0.379 e. The molecule has 3 fully saturated rings. The number of ether oxygens (including phenoxy) is 1. The Hall–Kier alpha value is -1.20. The van der Waals surface area contributed by atoms with Crippen LogP contribution in [-0.4, -0.2) is 46.6 Å². The molecular formula is C25H27NOS2. The zero-order valence-corrected chi connectivity index (χ0v) is 18.3. The van der Waals surface area contributed by atoms with Crippen molar-refractivity contribution in [2.45, 2.75) is 34.6 Å². The molecule has 1 saturated carbocycles. The molecule has 6 rings (SSSR count). The van der Waals surface area contributed by atoms with E-state index in [4.69, 9.17) is 4.74 Å². The standard InChI is InChI=1S/C25H27NOS2/c1-3-8-18(9-4-1)22-23(19-10-5-2-6-11-19)29-25(26-14-16-27-17-15-26)20-12-7-13-21(25)28-24(20)22/h1-6,8-11,20-21,24H,7,12-17H2. The summed E-state index contributed by atoms with van der Waals surface area (Å²) in [4.78, 5) is 4.57. The number of hydrogen-bond donors (Lipinski definition) is 0. The Labute approximate surface area is 182 Å². The Bertz CT molecular complexity index is 909. The highest BCUT2D eigenvalue weighted by Gasteiger charge is 2.64. The lowest BCUT2D eigenvalue weighted by Crippen LogP contribution is -2.61. The van der Waals surface area contributed by atoms with Gasteiger partial charge in [0.1, 0.15) is 0 Å². The molecular weight excluding hydrogens is 394 g/mol. The number of morpholine rings is 1. The zero-order chi connectivity index (χ0) is 19.3. The van der Waals surface area contributed by atoms with Gasteiger partial charge in [-0.2, -0.15) is 0 Å². The highest BCUT2D eigenvalue weighted by molar-refractivity contribution is 8.12. The van der Waals surface area contributed by atoms with Crippen LogP contribution in [0.25, 0.3) is 10.5 Å². The molecule has 0 aromatic heterocycles. The normalized spacial score (nSPS) is 34.4. The Kier molecular flexibility index (Phi) is 4.79. The summed E-state index contributed by atoms with van der Waals surface area (Å²) < 4.78 is 5.75. The molecule has 2 nitrogen and oxygen atoms in total. The molecule has 4 aliphatic rings. The lowest BCUT2D eigenvalue weighted by Gasteiger charge is -2.54. The second kappa shape index (κ2) is 7.49. The molecule has 0 N–H and O–H groups in total. The van der Waals surface area contributed by atoms with Gasteiger partial charge in [0.25, 0.3) is 0 Å². The minimum atomic E-state index is 0.237. The molecule has 4 unspecified atom stereocenters. The second-order valence-electron chi connectivity index (χ2n) is 8.51. The molecule has 0 radical (unpaired) electrons. The van der Waals surface area contributed by atoms with Crippen LogP contribution < -0.4 is 0 Å². The third-order valence-electron chi connectivity index (χ3n) is 7.07. The van der Waals surface area contributed by atoms with Crippen LogP contribution in [0.5, 0.6) is 0 Å². The van der Waals surface area contributed by atoms with Gasteiger partial charge in [-0.15, -0.1) is 23.5 Å². The number of rotatable bonds is 3. The number of hydrogen-bond acceptors (Lipinski definition) is 4. The summed E-state index contributed by atoms with van der Waals surface area (Å²) in [5.74, 6) is 0.733. The van der Waals surface area contributed by atoms with Crippen LogP contribution in [0.2, 0.25) is 0 Å². The predicted octanol–water partition coefficient (Wildman–Crippen LogP) is 5.61. The van der Waals surface area contributed by atoms with E-state index in [0.29, 0.717) is 10.5 Å². The van der Waals surface area contributed by atoms with Crippen molar-refractivity contribution in [1.82, 2.24) is 4.90 Å². The average Bonchev–Trinajstić information content (AvgIpc) is 2.95. The van der Waals surface area contributed by atoms with Gasteiger partial charge in [-0.1, -0.05) is 67.1 Å². The Morgan fingerprint density at radius 2 is 1.55 bits per heavy atom. The Balaban J connectivity index is 1.55.